The molecule has 0 bridgehead atoms. The molecule has 0 saturated carbocycles. The Morgan fingerprint density at radius 3 is 2.45 bits per heavy atom. The van der Waals surface area contributed by atoms with Gasteiger partial charge in [0.2, 0.25) is 5.36 Å². The smallest absolute Gasteiger partial charge is 0.203 e. The van der Waals surface area contributed by atoms with Crippen molar-refractivity contribution in [3.05, 3.63) is 41.3 Å². The molecule has 0 saturated heterocycles. The Bertz CT molecular complexity index is 864. The Morgan fingerprint density at radius 2 is 1.82 bits per heavy atom. The predicted molar refractivity (Wildman–Crippen MR) is 92.4 cm³/mol. The summed E-state index contributed by atoms with van der Waals surface area (Å²) in [5, 5.41) is 1.25. The predicted octanol–water partition coefficient (Wildman–Crippen LogP) is -0.189. The number of fused-ring (bicyclic) bond motifs is 2. The largest absolute Gasteiger partial charge is 1.00 e. The molecule has 0 atom stereocenters. The van der Waals surface area contributed by atoms with Gasteiger partial charge in [0.25, 0.3) is 0 Å². The molecule has 0 radical (unpaired) electrons. The van der Waals surface area contributed by atoms with Gasteiger partial charge in [0.05, 0.1) is 20.8 Å². The Hall–Kier alpha value is -1.65. The highest BCUT2D eigenvalue weighted by atomic mass is 35.5. The van der Waals surface area contributed by atoms with Gasteiger partial charge in [0, 0.05) is 31.4 Å². The minimum absolute atomic E-state index is 0. The van der Waals surface area contributed by atoms with E-state index in [0.717, 1.165) is 11.2 Å². The minimum Gasteiger partial charge on any atom is -1.00 e. The van der Waals surface area contributed by atoms with E-state index in [-0.39, 0.29) is 12.4 Å². The standard InChI is InChI=1S/C17H20N3S.ClH/c1-11-8-14-17(10-15(11)20(4)5)21-16-9-12(19(2)3)6-7-13(16)18-14;/h6-10H,1-5H3;1H/q+1;/p-1. The Morgan fingerprint density at radius 1 is 1.09 bits per heavy atom. The van der Waals surface area contributed by atoms with Crippen molar-refractivity contribution in [2.24, 2.45) is 0 Å². The molecule has 1 aliphatic carbocycles. The summed E-state index contributed by atoms with van der Waals surface area (Å²) >= 11 is 1.81. The number of nitrogens with zero attached hydrogens (tertiary/aromatic N) is 3. The van der Waals surface area contributed by atoms with E-state index < -0.39 is 0 Å². The average molecular weight is 334 g/mol. The molecule has 0 spiro atoms. The van der Waals surface area contributed by atoms with Crippen molar-refractivity contribution < 1.29 is 12.4 Å². The molecular formula is C17H20ClN3S. The lowest BCUT2D eigenvalue weighted by atomic mass is 10.1. The fourth-order valence-corrected chi connectivity index (χ4v) is 3.53. The van der Waals surface area contributed by atoms with Crippen LogP contribution in [0.15, 0.2) is 30.3 Å². The van der Waals surface area contributed by atoms with Crippen LogP contribution in [-0.2, 0) is 0 Å². The molecule has 5 heteroatoms. The molecule has 0 fully saturated rings. The van der Waals surface area contributed by atoms with Crippen LogP contribution < -0.4 is 27.2 Å². The Balaban J connectivity index is 0.00000176. The van der Waals surface area contributed by atoms with Gasteiger partial charge in [-0.1, -0.05) is 0 Å². The maximum Gasteiger partial charge on any atom is 0.203 e. The lowest BCUT2D eigenvalue weighted by Gasteiger charge is -2.13. The molecule has 0 amide bonds. The third-order valence-corrected chi connectivity index (χ3v) is 4.77. The molecule has 1 aromatic carbocycles. The number of aryl methyl sites for hydroxylation is 1. The first kappa shape index (κ1) is 16.7. The fourth-order valence-electron chi connectivity index (χ4n) is 2.52. The first-order valence-corrected chi connectivity index (χ1v) is 7.80. The molecule has 1 heterocycles. The lowest BCUT2D eigenvalue weighted by Crippen LogP contribution is -3.00. The molecule has 0 unspecified atom stereocenters. The summed E-state index contributed by atoms with van der Waals surface area (Å²) in [6.07, 6.45) is 0. The van der Waals surface area contributed by atoms with Crippen LogP contribution in [0, 0.1) is 6.92 Å². The van der Waals surface area contributed by atoms with Crippen molar-refractivity contribution in [1.82, 2.24) is 9.56 Å². The number of hydrogen-bond donors (Lipinski definition) is 0. The summed E-state index contributed by atoms with van der Waals surface area (Å²) in [6, 6.07) is 10.9. The van der Waals surface area contributed by atoms with Crippen LogP contribution >= 0.6 is 11.3 Å². The third kappa shape index (κ3) is 2.94. The van der Waals surface area contributed by atoms with E-state index in [1.807, 2.05) is 11.3 Å². The van der Waals surface area contributed by atoms with Gasteiger partial charge in [-0.05, 0) is 31.2 Å². The van der Waals surface area contributed by atoms with Crippen LogP contribution in [-0.4, -0.2) is 33.2 Å². The molecule has 3 rings (SSSR count). The summed E-state index contributed by atoms with van der Waals surface area (Å²) in [6.45, 7) is 2.14. The highest BCUT2D eigenvalue weighted by Gasteiger charge is 2.12. The SMILES string of the molecule is Cc1cc2nc3ccc(N(C)C)cc3sc-2cc1=[N+](C)C.[Cl-]. The van der Waals surface area contributed by atoms with Gasteiger partial charge in [-0.15, -0.1) is 11.3 Å². The van der Waals surface area contributed by atoms with Gasteiger partial charge in [0.15, 0.2) is 0 Å². The maximum atomic E-state index is 4.81. The molecule has 2 aliphatic rings. The summed E-state index contributed by atoms with van der Waals surface area (Å²) in [5.74, 6) is 0. The molecule has 22 heavy (non-hydrogen) atoms. The Kier molecular flexibility index (Phi) is 4.73. The van der Waals surface area contributed by atoms with Crippen molar-refractivity contribution in [3.63, 3.8) is 0 Å². The van der Waals surface area contributed by atoms with Gasteiger partial charge in [0.1, 0.15) is 14.1 Å². The Labute approximate surface area is 141 Å². The van der Waals surface area contributed by atoms with Crippen LogP contribution in [0.4, 0.5) is 5.69 Å². The molecule has 3 nitrogen and oxygen atoms in total. The second-order valence-electron chi connectivity index (χ2n) is 5.76. The van der Waals surface area contributed by atoms with Crippen LogP contribution in [0.2, 0.25) is 0 Å². The van der Waals surface area contributed by atoms with Crippen LogP contribution in [0.5, 0.6) is 0 Å². The highest BCUT2D eigenvalue weighted by molar-refractivity contribution is 7.21. The van der Waals surface area contributed by atoms with Crippen molar-refractivity contribution in [2.45, 2.75) is 6.92 Å². The van der Waals surface area contributed by atoms with Crippen molar-refractivity contribution >= 4 is 27.2 Å². The van der Waals surface area contributed by atoms with Crippen LogP contribution in [0.1, 0.15) is 5.56 Å². The molecule has 116 valence electrons. The van der Waals surface area contributed by atoms with E-state index in [1.165, 1.54) is 26.2 Å². The zero-order chi connectivity index (χ0) is 15.1. The van der Waals surface area contributed by atoms with E-state index in [4.69, 9.17) is 4.98 Å². The highest BCUT2D eigenvalue weighted by Crippen LogP contribution is 2.31. The third-order valence-electron chi connectivity index (χ3n) is 3.68. The number of halogens is 1. The molecule has 0 aromatic heterocycles. The van der Waals surface area contributed by atoms with E-state index in [1.54, 1.807) is 0 Å². The number of anilines is 1. The number of rotatable bonds is 1. The second-order valence-corrected chi connectivity index (χ2v) is 6.84. The van der Waals surface area contributed by atoms with Gasteiger partial charge >= 0.3 is 0 Å². The lowest BCUT2D eigenvalue weighted by molar-refractivity contribution is -0.00000441. The topological polar surface area (TPSA) is 19.1 Å². The summed E-state index contributed by atoms with van der Waals surface area (Å²) in [4.78, 5) is 8.16. The van der Waals surface area contributed by atoms with E-state index in [9.17, 15) is 0 Å². The number of benzene rings is 2. The van der Waals surface area contributed by atoms with Gasteiger partial charge in [-0.2, -0.15) is 0 Å². The van der Waals surface area contributed by atoms with Gasteiger partial charge < -0.3 is 17.3 Å². The van der Waals surface area contributed by atoms with E-state index >= 15 is 0 Å². The maximum absolute atomic E-state index is 4.81. The summed E-state index contributed by atoms with van der Waals surface area (Å²) in [5.41, 5.74) is 4.61. The quantitative estimate of drug-likeness (QED) is 0.454. The summed E-state index contributed by atoms with van der Waals surface area (Å²) in [7, 11) is 8.29. The van der Waals surface area contributed by atoms with Crippen molar-refractivity contribution in [3.8, 4) is 10.6 Å². The average Bonchev–Trinajstić information content (AvgIpc) is 2.43. The number of hydrogen-bond acceptors (Lipinski definition) is 3. The fraction of sp³-hybridized carbons (Fsp3) is 0.294. The summed E-state index contributed by atoms with van der Waals surface area (Å²) < 4.78 is 3.38. The van der Waals surface area contributed by atoms with E-state index in [2.05, 4.69) is 74.9 Å². The number of aromatic nitrogens is 1. The molecule has 1 aromatic rings. The normalized spacial score (nSPS) is 10.6. The van der Waals surface area contributed by atoms with Gasteiger partial charge in [-0.25, -0.2) is 9.56 Å². The van der Waals surface area contributed by atoms with Crippen LogP contribution in [0.3, 0.4) is 0 Å². The zero-order valence-electron chi connectivity index (χ0n) is 13.5. The van der Waals surface area contributed by atoms with E-state index in [0.29, 0.717) is 0 Å². The zero-order valence-corrected chi connectivity index (χ0v) is 15.1. The molecular weight excluding hydrogens is 314 g/mol. The van der Waals surface area contributed by atoms with Crippen molar-refractivity contribution in [2.75, 3.05) is 33.1 Å². The monoisotopic (exact) mass is 333 g/mol. The second kappa shape index (κ2) is 6.23. The minimum atomic E-state index is 0. The first-order chi connectivity index (χ1) is 9.95. The van der Waals surface area contributed by atoms with Gasteiger partial charge in [-0.3, -0.25) is 0 Å². The molecule has 1 aliphatic heterocycles. The first-order valence-electron chi connectivity index (χ1n) is 6.98. The van der Waals surface area contributed by atoms with Crippen LogP contribution in [0.25, 0.3) is 20.8 Å². The molecule has 0 N–H and O–H groups in total. The van der Waals surface area contributed by atoms with Crippen molar-refractivity contribution in [1.29, 1.82) is 0 Å².